The second-order valence-corrected chi connectivity index (χ2v) is 5.13. The van der Waals surface area contributed by atoms with Gasteiger partial charge in [0.2, 0.25) is 0 Å². The number of hydrogen-bond acceptors (Lipinski definition) is 2. The van der Waals surface area contributed by atoms with Gasteiger partial charge in [-0.3, -0.25) is 0 Å². The monoisotopic (exact) mass is 262 g/mol. The van der Waals surface area contributed by atoms with Gasteiger partial charge in [0.25, 0.3) is 0 Å². The number of hydrogen-bond donors (Lipinski definition) is 2. The van der Waals surface area contributed by atoms with E-state index in [1.165, 1.54) is 16.5 Å². The summed E-state index contributed by atoms with van der Waals surface area (Å²) in [4.78, 5) is 0. The highest BCUT2D eigenvalue weighted by Gasteiger charge is 2.22. The van der Waals surface area contributed by atoms with Gasteiger partial charge < -0.3 is 10.2 Å². The lowest BCUT2D eigenvalue weighted by Gasteiger charge is -2.18. The van der Waals surface area contributed by atoms with Crippen LogP contribution in [0.25, 0.3) is 10.8 Å². The first kappa shape index (κ1) is 12.0. The number of benzene rings is 2. The maximum Gasteiger partial charge on any atom is 0.107 e. The summed E-state index contributed by atoms with van der Waals surface area (Å²) in [6.07, 6.45) is 0.270. The molecule has 3 rings (SSSR count). The van der Waals surface area contributed by atoms with Gasteiger partial charge in [0.05, 0.1) is 12.0 Å². The van der Waals surface area contributed by atoms with Crippen molar-refractivity contribution in [3.05, 3.63) is 47.0 Å². The standard InChI is InChI=1S/C15H15ClO2/c16-8-13(17)15(18)12-7-6-10-5-4-9-2-1-3-11(12)14(9)10/h1-3,6-7,13,15,17-18H,4-5,8H2. The molecule has 94 valence electrons. The molecule has 0 radical (unpaired) electrons. The van der Waals surface area contributed by atoms with Crippen molar-refractivity contribution in [3.8, 4) is 0 Å². The molecule has 0 saturated heterocycles. The third-order valence-corrected chi connectivity index (χ3v) is 4.07. The summed E-state index contributed by atoms with van der Waals surface area (Å²) in [5.41, 5.74) is 3.43. The van der Waals surface area contributed by atoms with Crippen LogP contribution in [-0.2, 0) is 12.8 Å². The highest BCUT2D eigenvalue weighted by molar-refractivity contribution is 6.18. The van der Waals surface area contributed by atoms with Crippen molar-refractivity contribution in [2.45, 2.75) is 25.0 Å². The van der Waals surface area contributed by atoms with Gasteiger partial charge in [0, 0.05) is 0 Å². The number of alkyl halides is 1. The lowest BCUT2D eigenvalue weighted by atomic mass is 9.95. The molecule has 0 fully saturated rings. The molecule has 2 aromatic rings. The van der Waals surface area contributed by atoms with E-state index in [4.69, 9.17) is 11.6 Å². The van der Waals surface area contributed by atoms with Crippen LogP contribution in [0.15, 0.2) is 30.3 Å². The lowest BCUT2D eigenvalue weighted by molar-refractivity contribution is 0.0336. The Hall–Kier alpha value is -1.09. The molecule has 0 aromatic heterocycles. The minimum atomic E-state index is -0.926. The molecule has 2 nitrogen and oxygen atoms in total. The van der Waals surface area contributed by atoms with Crippen LogP contribution in [0.2, 0.25) is 0 Å². The maximum absolute atomic E-state index is 10.2. The second-order valence-electron chi connectivity index (χ2n) is 4.82. The van der Waals surface area contributed by atoms with E-state index in [0.29, 0.717) is 0 Å². The average molecular weight is 263 g/mol. The van der Waals surface area contributed by atoms with Crippen LogP contribution < -0.4 is 0 Å². The van der Waals surface area contributed by atoms with E-state index in [-0.39, 0.29) is 5.88 Å². The van der Waals surface area contributed by atoms with E-state index in [1.807, 2.05) is 18.2 Å². The zero-order valence-corrected chi connectivity index (χ0v) is 10.7. The molecule has 0 aliphatic heterocycles. The Morgan fingerprint density at radius 3 is 2.50 bits per heavy atom. The first-order valence-corrected chi connectivity index (χ1v) is 6.71. The fourth-order valence-corrected chi connectivity index (χ4v) is 2.99. The average Bonchev–Trinajstić information content (AvgIpc) is 2.83. The molecule has 18 heavy (non-hydrogen) atoms. The summed E-state index contributed by atoms with van der Waals surface area (Å²) in [6, 6.07) is 10.1. The minimum absolute atomic E-state index is 0.0318. The quantitative estimate of drug-likeness (QED) is 0.835. The van der Waals surface area contributed by atoms with E-state index in [1.54, 1.807) is 0 Å². The molecule has 2 aromatic carbocycles. The zero-order chi connectivity index (χ0) is 12.7. The van der Waals surface area contributed by atoms with Gasteiger partial charge in [-0.15, -0.1) is 11.6 Å². The Bertz CT molecular complexity index is 584. The van der Waals surface area contributed by atoms with E-state index < -0.39 is 12.2 Å². The van der Waals surface area contributed by atoms with Crippen LogP contribution in [-0.4, -0.2) is 22.2 Å². The Balaban J connectivity index is 2.20. The summed E-state index contributed by atoms with van der Waals surface area (Å²) in [7, 11) is 0. The Labute approximate surface area is 111 Å². The first-order valence-electron chi connectivity index (χ1n) is 6.18. The Morgan fingerprint density at radius 2 is 1.78 bits per heavy atom. The predicted molar refractivity (Wildman–Crippen MR) is 73.0 cm³/mol. The van der Waals surface area contributed by atoms with Gasteiger partial charge in [-0.25, -0.2) is 0 Å². The molecule has 2 N–H and O–H groups in total. The summed E-state index contributed by atoms with van der Waals surface area (Å²) in [5, 5.41) is 22.2. The minimum Gasteiger partial charge on any atom is -0.389 e. The smallest absolute Gasteiger partial charge is 0.107 e. The highest BCUT2D eigenvalue weighted by Crippen LogP contribution is 2.35. The van der Waals surface area contributed by atoms with Crippen molar-refractivity contribution in [1.82, 2.24) is 0 Å². The molecule has 0 saturated carbocycles. The second kappa shape index (κ2) is 4.54. The van der Waals surface area contributed by atoms with Crippen LogP contribution >= 0.6 is 11.6 Å². The number of halogens is 1. The summed E-state index contributed by atoms with van der Waals surface area (Å²) < 4.78 is 0. The highest BCUT2D eigenvalue weighted by atomic mass is 35.5. The molecular weight excluding hydrogens is 248 g/mol. The van der Waals surface area contributed by atoms with Gasteiger partial charge in [0.15, 0.2) is 0 Å². The lowest BCUT2D eigenvalue weighted by Crippen LogP contribution is -2.20. The summed E-state index contributed by atoms with van der Waals surface area (Å²) in [6.45, 7) is 0. The third-order valence-electron chi connectivity index (χ3n) is 3.75. The zero-order valence-electron chi connectivity index (χ0n) is 9.94. The number of rotatable bonds is 3. The molecule has 0 bridgehead atoms. The van der Waals surface area contributed by atoms with Gasteiger partial charge in [-0.05, 0) is 40.3 Å². The molecular formula is C15H15ClO2. The van der Waals surface area contributed by atoms with Crippen molar-refractivity contribution >= 4 is 22.4 Å². The summed E-state index contributed by atoms with van der Waals surface area (Å²) in [5.74, 6) is 0.0318. The fourth-order valence-electron chi connectivity index (χ4n) is 2.82. The fraction of sp³-hybridized carbons (Fsp3) is 0.333. The molecule has 3 heteroatoms. The van der Waals surface area contributed by atoms with Crippen LogP contribution in [0.3, 0.4) is 0 Å². The molecule has 2 atom stereocenters. The largest absolute Gasteiger partial charge is 0.389 e. The molecule has 2 unspecified atom stereocenters. The van der Waals surface area contributed by atoms with Crippen LogP contribution in [0.5, 0.6) is 0 Å². The van der Waals surface area contributed by atoms with Crippen molar-refractivity contribution < 1.29 is 10.2 Å². The van der Waals surface area contributed by atoms with Crippen LogP contribution in [0.4, 0.5) is 0 Å². The van der Waals surface area contributed by atoms with E-state index in [0.717, 1.165) is 23.8 Å². The number of aliphatic hydroxyl groups excluding tert-OH is 2. The van der Waals surface area contributed by atoms with Crippen molar-refractivity contribution in [3.63, 3.8) is 0 Å². The van der Waals surface area contributed by atoms with Gasteiger partial charge in [-0.1, -0.05) is 30.3 Å². The third kappa shape index (κ3) is 1.72. The van der Waals surface area contributed by atoms with Gasteiger partial charge in [-0.2, -0.15) is 0 Å². The number of aliphatic hydroxyl groups is 2. The van der Waals surface area contributed by atoms with Crippen LogP contribution in [0.1, 0.15) is 22.8 Å². The van der Waals surface area contributed by atoms with E-state index in [2.05, 4.69) is 12.1 Å². The molecule has 0 heterocycles. The predicted octanol–water partition coefficient (Wildman–Crippen LogP) is 2.57. The molecule has 0 spiro atoms. The SMILES string of the molecule is OC(CCl)C(O)c1ccc2c3c(cccc13)CC2. The summed E-state index contributed by atoms with van der Waals surface area (Å²) >= 11 is 5.61. The van der Waals surface area contributed by atoms with Crippen molar-refractivity contribution in [2.75, 3.05) is 5.88 Å². The molecule has 1 aliphatic rings. The molecule has 0 amide bonds. The van der Waals surface area contributed by atoms with Crippen molar-refractivity contribution in [1.29, 1.82) is 0 Å². The van der Waals surface area contributed by atoms with Gasteiger partial charge >= 0.3 is 0 Å². The van der Waals surface area contributed by atoms with Crippen LogP contribution in [0, 0.1) is 0 Å². The maximum atomic E-state index is 10.2. The Morgan fingerprint density at radius 1 is 1.06 bits per heavy atom. The first-order chi connectivity index (χ1) is 8.72. The van der Waals surface area contributed by atoms with E-state index in [9.17, 15) is 10.2 Å². The molecule has 1 aliphatic carbocycles. The normalized spacial score (nSPS) is 17.1. The van der Waals surface area contributed by atoms with E-state index >= 15 is 0 Å². The topological polar surface area (TPSA) is 40.5 Å². The Kier molecular flexibility index (Phi) is 3.02. The number of aryl methyl sites for hydroxylation is 2. The van der Waals surface area contributed by atoms with Crippen molar-refractivity contribution in [2.24, 2.45) is 0 Å². The van der Waals surface area contributed by atoms with Gasteiger partial charge in [0.1, 0.15) is 6.10 Å².